The van der Waals surface area contributed by atoms with Crippen molar-refractivity contribution in [3.63, 3.8) is 0 Å². The first-order valence-corrected chi connectivity index (χ1v) is 10.1. The molecule has 1 N–H and O–H groups in total. The number of carbonyl (C=O) groups excluding carboxylic acids is 2. The van der Waals surface area contributed by atoms with Crippen LogP contribution in [-0.2, 0) is 4.79 Å². The van der Waals surface area contributed by atoms with E-state index < -0.39 is 0 Å². The van der Waals surface area contributed by atoms with Gasteiger partial charge in [-0.25, -0.2) is 4.98 Å². The summed E-state index contributed by atoms with van der Waals surface area (Å²) >= 11 is 7.46. The van der Waals surface area contributed by atoms with E-state index in [0.29, 0.717) is 43.2 Å². The number of nitrogens with zero attached hydrogens (tertiary/aromatic N) is 2. The Morgan fingerprint density at radius 2 is 2.12 bits per heavy atom. The minimum absolute atomic E-state index is 0.00283. The lowest BCUT2D eigenvalue weighted by atomic mass is 9.95. The van der Waals surface area contributed by atoms with Gasteiger partial charge in [0.1, 0.15) is 10.7 Å². The average Bonchev–Trinajstić information content (AvgIpc) is 3.16. The van der Waals surface area contributed by atoms with Crippen LogP contribution in [0.25, 0.3) is 10.6 Å². The summed E-state index contributed by atoms with van der Waals surface area (Å²) in [5, 5.41) is 6.16. The van der Waals surface area contributed by atoms with Crippen molar-refractivity contribution in [2.24, 2.45) is 5.92 Å². The number of carbonyl (C=O) groups is 2. The highest BCUT2D eigenvalue weighted by atomic mass is 35.5. The zero-order valence-corrected chi connectivity index (χ0v) is 16.3. The molecule has 7 heteroatoms. The van der Waals surface area contributed by atoms with Crippen molar-refractivity contribution in [2.45, 2.75) is 26.2 Å². The second kappa shape index (κ2) is 8.64. The summed E-state index contributed by atoms with van der Waals surface area (Å²) in [4.78, 5) is 31.0. The third-order valence-corrected chi connectivity index (χ3v) is 5.62. The van der Waals surface area contributed by atoms with E-state index in [1.807, 2.05) is 31.2 Å². The maximum Gasteiger partial charge on any atom is 0.273 e. The Bertz CT molecular complexity index is 785. The van der Waals surface area contributed by atoms with Crippen LogP contribution in [0.2, 0.25) is 5.02 Å². The Labute approximate surface area is 162 Å². The Morgan fingerprint density at radius 1 is 1.35 bits per heavy atom. The van der Waals surface area contributed by atoms with Crippen molar-refractivity contribution in [3.05, 3.63) is 40.4 Å². The van der Waals surface area contributed by atoms with Crippen molar-refractivity contribution in [1.29, 1.82) is 0 Å². The van der Waals surface area contributed by atoms with Gasteiger partial charge >= 0.3 is 0 Å². The summed E-state index contributed by atoms with van der Waals surface area (Å²) in [6.45, 7) is 3.93. The molecule has 1 aromatic heterocycles. The first kappa shape index (κ1) is 18.9. The molecule has 0 spiro atoms. The molecule has 1 aliphatic heterocycles. The number of amides is 2. The molecular formula is C19H22ClN3O2S. The number of benzene rings is 1. The average molecular weight is 392 g/mol. The van der Waals surface area contributed by atoms with Crippen molar-refractivity contribution in [1.82, 2.24) is 15.2 Å². The number of rotatable bonds is 5. The molecule has 2 aromatic rings. The predicted octanol–water partition coefficient (Wildman–Crippen LogP) is 3.84. The maximum absolute atomic E-state index is 12.7. The second-order valence-corrected chi connectivity index (χ2v) is 7.70. The highest BCUT2D eigenvalue weighted by Gasteiger charge is 2.28. The molecule has 0 aliphatic carbocycles. The van der Waals surface area contributed by atoms with Crippen LogP contribution in [0.4, 0.5) is 0 Å². The Hall–Kier alpha value is -1.92. The number of likely N-dealkylation sites (tertiary alicyclic amines) is 1. The van der Waals surface area contributed by atoms with E-state index in [4.69, 9.17) is 11.6 Å². The molecule has 138 valence electrons. The van der Waals surface area contributed by atoms with E-state index in [0.717, 1.165) is 17.0 Å². The molecule has 1 aromatic carbocycles. The molecule has 1 aliphatic rings. The highest BCUT2D eigenvalue weighted by molar-refractivity contribution is 7.13. The summed E-state index contributed by atoms with van der Waals surface area (Å²) < 4.78 is 0. The molecular weight excluding hydrogens is 370 g/mol. The van der Waals surface area contributed by atoms with Gasteiger partial charge < -0.3 is 10.2 Å². The fraction of sp³-hybridized carbons (Fsp3) is 0.421. The number of piperidine rings is 1. The van der Waals surface area contributed by atoms with Gasteiger partial charge in [0.15, 0.2) is 0 Å². The van der Waals surface area contributed by atoms with Crippen LogP contribution in [0.1, 0.15) is 36.7 Å². The number of thiazole rings is 1. The maximum atomic E-state index is 12.7. The van der Waals surface area contributed by atoms with Gasteiger partial charge in [-0.3, -0.25) is 9.59 Å². The van der Waals surface area contributed by atoms with Crippen LogP contribution in [0.3, 0.4) is 0 Å². The number of hydrogen-bond donors (Lipinski definition) is 1. The smallest absolute Gasteiger partial charge is 0.273 e. The van der Waals surface area contributed by atoms with Gasteiger partial charge in [-0.2, -0.15) is 0 Å². The van der Waals surface area contributed by atoms with Gasteiger partial charge in [0.25, 0.3) is 5.91 Å². The summed E-state index contributed by atoms with van der Waals surface area (Å²) in [6, 6.07) is 7.45. The zero-order chi connectivity index (χ0) is 18.5. The van der Waals surface area contributed by atoms with Crippen molar-refractivity contribution in [3.8, 4) is 10.6 Å². The number of hydrogen-bond acceptors (Lipinski definition) is 4. The quantitative estimate of drug-likeness (QED) is 0.842. The Morgan fingerprint density at radius 3 is 2.81 bits per heavy atom. The Balaban J connectivity index is 1.60. The fourth-order valence-electron chi connectivity index (χ4n) is 3.03. The standard InChI is InChI=1S/C19H22ClN3O2S/c1-2-8-21-17(24)13-6-9-23(10-7-13)19(25)16-12-26-18(22-16)14-4-3-5-15(20)11-14/h3-5,11-13H,2,6-10H2,1H3,(H,21,24). The topological polar surface area (TPSA) is 62.3 Å². The van der Waals surface area contributed by atoms with Gasteiger partial charge in [-0.05, 0) is 31.4 Å². The van der Waals surface area contributed by atoms with E-state index in [-0.39, 0.29) is 17.7 Å². The molecule has 1 saturated heterocycles. The van der Waals surface area contributed by atoms with Crippen LogP contribution in [0, 0.1) is 5.92 Å². The van der Waals surface area contributed by atoms with Gasteiger partial charge in [0, 0.05) is 41.5 Å². The van der Waals surface area contributed by atoms with Gasteiger partial charge in [0.05, 0.1) is 0 Å². The van der Waals surface area contributed by atoms with Crippen LogP contribution in [0.15, 0.2) is 29.6 Å². The summed E-state index contributed by atoms with van der Waals surface area (Å²) in [5.41, 5.74) is 1.37. The number of nitrogens with one attached hydrogen (secondary N) is 1. The normalized spacial score (nSPS) is 15.1. The SMILES string of the molecule is CCCNC(=O)C1CCN(C(=O)c2csc(-c3cccc(Cl)c3)n2)CC1. The minimum atomic E-state index is -0.0676. The Kier molecular flexibility index (Phi) is 6.27. The number of aromatic nitrogens is 1. The molecule has 0 saturated carbocycles. The van der Waals surface area contributed by atoms with Gasteiger partial charge in [0.2, 0.25) is 5.91 Å². The van der Waals surface area contributed by atoms with E-state index in [1.165, 1.54) is 11.3 Å². The predicted molar refractivity (Wildman–Crippen MR) is 104 cm³/mol. The van der Waals surface area contributed by atoms with Gasteiger partial charge in [-0.15, -0.1) is 11.3 Å². The lowest BCUT2D eigenvalue weighted by Gasteiger charge is -2.30. The number of halogens is 1. The van der Waals surface area contributed by atoms with Crippen LogP contribution in [-0.4, -0.2) is 41.3 Å². The largest absolute Gasteiger partial charge is 0.356 e. The van der Waals surface area contributed by atoms with Crippen molar-refractivity contribution < 1.29 is 9.59 Å². The molecule has 5 nitrogen and oxygen atoms in total. The first-order chi connectivity index (χ1) is 12.6. The lowest BCUT2D eigenvalue weighted by Crippen LogP contribution is -2.43. The molecule has 0 bridgehead atoms. The van der Waals surface area contributed by atoms with E-state index >= 15 is 0 Å². The van der Waals surface area contributed by atoms with E-state index in [1.54, 1.807) is 10.3 Å². The van der Waals surface area contributed by atoms with Crippen LogP contribution < -0.4 is 5.32 Å². The third-order valence-electron chi connectivity index (χ3n) is 4.50. The minimum Gasteiger partial charge on any atom is -0.356 e. The van der Waals surface area contributed by atoms with Crippen LogP contribution >= 0.6 is 22.9 Å². The molecule has 26 heavy (non-hydrogen) atoms. The summed E-state index contributed by atoms with van der Waals surface area (Å²) in [7, 11) is 0. The fourth-order valence-corrected chi connectivity index (χ4v) is 4.01. The molecule has 3 rings (SSSR count). The van der Waals surface area contributed by atoms with Crippen molar-refractivity contribution in [2.75, 3.05) is 19.6 Å². The lowest BCUT2D eigenvalue weighted by molar-refractivity contribution is -0.126. The monoisotopic (exact) mass is 391 g/mol. The third kappa shape index (κ3) is 4.43. The molecule has 1 fully saturated rings. The summed E-state index contributed by atoms with van der Waals surface area (Å²) in [6.07, 6.45) is 2.33. The zero-order valence-electron chi connectivity index (χ0n) is 14.7. The van der Waals surface area contributed by atoms with Gasteiger partial charge in [-0.1, -0.05) is 30.7 Å². The van der Waals surface area contributed by atoms with E-state index in [9.17, 15) is 9.59 Å². The molecule has 0 atom stereocenters. The molecule has 2 amide bonds. The summed E-state index contributed by atoms with van der Waals surface area (Å²) in [5.74, 6) is 0.0425. The molecule has 0 unspecified atom stereocenters. The second-order valence-electron chi connectivity index (χ2n) is 6.41. The highest BCUT2D eigenvalue weighted by Crippen LogP contribution is 2.27. The van der Waals surface area contributed by atoms with Crippen LogP contribution in [0.5, 0.6) is 0 Å². The first-order valence-electron chi connectivity index (χ1n) is 8.87. The van der Waals surface area contributed by atoms with E-state index in [2.05, 4.69) is 10.3 Å². The molecule has 0 radical (unpaired) electrons. The van der Waals surface area contributed by atoms with Crippen molar-refractivity contribution >= 4 is 34.8 Å². The molecule has 2 heterocycles.